The van der Waals surface area contributed by atoms with Crippen LogP contribution in [-0.2, 0) is 4.79 Å². The summed E-state index contributed by atoms with van der Waals surface area (Å²) >= 11 is 1.37. The number of amides is 2. The summed E-state index contributed by atoms with van der Waals surface area (Å²) in [4.78, 5) is 37.2. The smallest absolute Gasteiger partial charge is 0.265 e. The average molecular weight is 437 g/mol. The molecule has 0 saturated heterocycles. The van der Waals surface area contributed by atoms with E-state index in [9.17, 15) is 14.4 Å². The summed E-state index contributed by atoms with van der Waals surface area (Å²) in [7, 11) is 0. The van der Waals surface area contributed by atoms with Crippen LogP contribution in [0.3, 0.4) is 0 Å². The maximum Gasteiger partial charge on any atom is 0.265 e. The fraction of sp³-hybridized carbons (Fsp3) is 0.208. The number of ether oxygens (including phenoxy) is 1. The van der Waals surface area contributed by atoms with E-state index < -0.39 is 0 Å². The van der Waals surface area contributed by atoms with E-state index in [1.165, 1.54) is 11.3 Å². The Labute approximate surface area is 185 Å². The van der Waals surface area contributed by atoms with Gasteiger partial charge in [-0.05, 0) is 66.4 Å². The van der Waals surface area contributed by atoms with Crippen molar-refractivity contribution < 1.29 is 19.1 Å². The molecule has 3 rings (SSSR count). The van der Waals surface area contributed by atoms with Gasteiger partial charge in [-0.3, -0.25) is 14.4 Å². The van der Waals surface area contributed by atoms with E-state index in [-0.39, 0.29) is 30.4 Å². The van der Waals surface area contributed by atoms with Gasteiger partial charge in [0.15, 0.2) is 5.78 Å². The lowest BCUT2D eigenvalue weighted by Crippen LogP contribution is -2.14. The summed E-state index contributed by atoms with van der Waals surface area (Å²) < 4.78 is 5.50. The highest BCUT2D eigenvalue weighted by Gasteiger charge is 2.11. The fourth-order valence-corrected chi connectivity index (χ4v) is 3.41. The zero-order chi connectivity index (χ0) is 22.1. The third-order valence-corrected chi connectivity index (χ3v) is 5.27. The minimum atomic E-state index is -0.244. The molecule has 0 aliphatic rings. The average Bonchev–Trinajstić information content (AvgIpc) is 3.33. The molecule has 0 radical (unpaired) electrons. The van der Waals surface area contributed by atoms with E-state index in [4.69, 9.17) is 4.74 Å². The predicted molar refractivity (Wildman–Crippen MR) is 123 cm³/mol. The zero-order valence-electron chi connectivity index (χ0n) is 17.2. The minimum absolute atomic E-state index is 0.0871. The Hall–Kier alpha value is -3.45. The lowest BCUT2D eigenvalue weighted by molar-refractivity contribution is -0.116. The van der Waals surface area contributed by atoms with Gasteiger partial charge >= 0.3 is 0 Å². The van der Waals surface area contributed by atoms with Crippen molar-refractivity contribution in [2.24, 2.45) is 0 Å². The molecular weight excluding hydrogens is 412 g/mol. The maximum atomic E-state index is 12.3. The molecule has 0 aliphatic heterocycles. The zero-order valence-corrected chi connectivity index (χ0v) is 18.0. The molecule has 7 heteroatoms. The number of hydrogen-bond acceptors (Lipinski definition) is 5. The first kappa shape index (κ1) is 22.2. The highest BCUT2D eigenvalue weighted by Crippen LogP contribution is 2.18. The van der Waals surface area contributed by atoms with Gasteiger partial charge in [-0.25, -0.2) is 0 Å². The molecule has 31 heavy (non-hydrogen) atoms. The van der Waals surface area contributed by atoms with Gasteiger partial charge in [0.25, 0.3) is 5.91 Å². The molecule has 0 bridgehead atoms. The molecule has 0 unspecified atom stereocenters. The molecule has 0 atom stereocenters. The molecule has 160 valence electrons. The van der Waals surface area contributed by atoms with Crippen LogP contribution >= 0.6 is 11.3 Å². The maximum absolute atomic E-state index is 12.3. The minimum Gasteiger partial charge on any atom is -0.494 e. The molecule has 1 heterocycles. The van der Waals surface area contributed by atoms with Crippen LogP contribution in [0.1, 0.15) is 46.2 Å². The van der Waals surface area contributed by atoms with Crippen molar-refractivity contribution in [3.8, 4) is 5.75 Å². The van der Waals surface area contributed by atoms with Crippen LogP contribution in [0.15, 0.2) is 66.0 Å². The van der Waals surface area contributed by atoms with E-state index >= 15 is 0 Å². The summed E-state index contributed by atoms with van der Waals surface area (Å²) in [6, 6.07) is 17.4. The lowest BCUT2D eigenvalue weighted by atomic mass is 10.1. The van der Waals surface area contributed by atoms with Gasteiger partial charge in [-0.2, -0.15) is 0 Å². The van der Waals surface area contributed by atoms with Gasteiger partial charge in [-0.1, -0.05) is 13.0 Å². The summed E-state index contributed by atoms with van der Waals surface area (Å²) in [5.74, 6) is 0.219. The molecule has 0 aliphatic carbocycles. The van der Waals surface area contributed by atoms with Crippen LogP contribution in [0.25, 0.3) is 0 Å². The van der Waals surface area contributed by atoms with Crippen LogP contribution in [0.2, 0.25) is 0 Å². The number of nitrogens with one attached hydrogen (secondary N) is 2. The summed E-state index contributed by atoms with van der Waals surface area (Å²) in [5, 5.41) is 7.41. The Morgan fingerprint density at radius 2 is 1.55 bits per heavy atom. The third-order valence-electron chi connectivity index (χ3n) is 4.40. The van der Waals surface area contributed by atoms with Gasteiger partial charge in [0, 0.05) is 29.8 Å². The molecule has 2 aromatic carbocycles. The molecule has 6 nitrogen and oxygen atoms in total. The van der Waals surface area contributed by atoms with Gasteiger partial charge in [0.1, 0.15) is 5.75 Å². The Bertz CT molecular complexity index is 1010. The van der Waals surface area contributed by atoms with Crippen LogP contribution in [0.5, 0.6) is 5.75 Å². The first-order chi connectivity index (χ1) is 15.0. The van der Waals surface area contributed by atoms with Crippen LogP contribution in [0, 0.1) is 0 Å². The third kappa shape index (κ3) is 6.79. The Balaban J connectivity index is 1.44. The van der Waals surface area contributed by atoms with Gasteiger partial charge in [-0.15, -0.1) is 11.3 Å². The standard InChI is InChI=1S/C24H24N2O4S/c1-2-15-30-20-11-5-17(6-12-20)21(27)13-14-23(28)25-18-7-9-19(10-8-18)26-24(29)22-4-3-16-31-22/h3-12,16H,2,13-15H2,1H3,(H,25,28)(H,26,29). The number of carbonyl (C=O) groups excluding carboxylic acids is 3. The van der Waals surface area contributed by atoms with Crippen molar-refractivity contribution >= 4 is 40.3 Å². The highest BCUT2D eigenvalue weighted by molar-refractivity contribution is 7.12. The topological polar surface area (TPSA) is 84.5 Å². The fourth-order valence-electron chi connectivity index (χ4n) is 2.79. The summed E-state index contributed by atoms with van der Waals surface area (Å²) in [6.07, 6.45) is 1.13. The molecule has 0 fully saturated rings. The first-order valence-electron chi connectivity index (χ1n) is 10.1. The van der Waals surface area contributed by atoms with E-state index in [2.05, 4.69) is 10.6 Å². The highest BCUT2D eigenvalue weighted by atomic mass is 32.1. The van der Waals surface area contributed by atoms with Gasteiger partial charge in [0.2, 0.25) is 5.91 Å². The van der Waals surface area contributed by atoms with Crippen LogP contribution in [0.4, 0.5) is 11.4 Å². The molecule has 2 N–H and O–H groups in total. The first-order valence-corrected chi connectivity index (χ1v) is 10.9. The van der Waals surface area contributed by atoms with E-state index in [1.54, 1.807) is 54.6 Å². The van der Waals surface area contributed by atoms with Crippen molar-refractivity contribution in [2.45, 2.75) is 26.2 Å². The number of rotatable bonds is 10. The molecule has 3 aromatic rings. The van der Waals surface area contributed by atoms with E-state index in [0.717, 1.165) is 12.2 Å². The molecule has 1 aromatic heterocycles. The molecule has 2 amide bonds. The Kier molecular flexibility index (Phi) is 7.95. The Morgan fingerprint density at radius 3 is 2.16 bits per heavy atom. The van der Waals surface area contributed by atoms with Crippen molar-refractivity contribution in [1.29, 1.82) is 0 Å². The largest absolute Gasteiger partial charge is 0.494 e. The normalized spacial score (nSPS) is 10.4. The quantitative estimate of drug-likeness (QED) is 0.417. The van der Waals surface area contributed by atoms with Crippen molar-refractivity contribution in [2.75, 3.05) is 17.2 Å². The lowest BCUT2D eigenvalue weighted by Gasteiger charge is -2.08. The van der Waals surface area contributed by atoms with Gasteiger partial charge in [0.05, 0.1) is 11.5 Å². The molecule has 0 spiro atoms. The Morgan fingerprint density at radius 1 is 0.871 bits per heavy atom. The number of carbonyl (C=O) groups is 3. The number of hydrogen-bond donors (Lipinski definition) is 2. The van der Waals surface area contributed by atoms with E-state index in [0.29, 0.717) is 28.4 Å². The number of Topliss-reactive ketones (excluding diaryl/α,β-unsaturated/α-hetero) is 1. The number of thiophene rings is 1. The second kappa shape index (κ2) is 11.1. The number of anilines is 2. The van der Waals surface area contributed by atoms with Crippen molar-refractivity contribution in [3.63, 3.8) is 0 Å². The molecular formula is C24H24N2O4S. The van der Waals surface area contributed by atoms with Gasteiger partial charge < -0.3 is 15.4 Å². The van der Waals surface area contributed by atoms with E-state index in [1.807, 2.05) is 18.4 Å². The SMILES string of the molecule is CCCOc1ccc(C(=O)CCC(=O)Nc2ccc(NC(=O)c3cccs3)cc2)cc1. The second-order valence-electron chi connectivity index (χ2n) is 6.85. The monoisotopic (exact) mass is 436 g/mol. The molecule has 0 saturated carbocycles. The second-order valence-corrected chi connectivity index (χ2v) is 7.80. The summed E-state index contributed by atoms with van der Waals surface area (Å²) in [5.41, 5.74) is 1.80. The van der Waals surface area contributed by atoms with Crippen molar-refractivity contribution in [1.82, 2.24) is 0 Å². The number of ketones is 1. The predicted octanol–water partition coefficient (Wildman–Crippen LogP) is 5.39. The number of benzene rings is 2. The summed E-state index contributed by atoms with van der Waals surface area (Å²) in [6.45, 7) is 2.66. The van der Waals surface area contributed by atoms with Crippen LogP contribution < -0.4 is 15.4 Å². The van der Waals surface area contributed by atoms with Crippen molar-refractivity contribution in [3.05, 3.63) is 76.5 Å². The van der Waals surface area contributed by atoms with Crippen LogP contribution in [-0.4, -0.2) is 24.2 Å².